The third-order valence-corrected chi connectivity index (χ3v) is 4.57. The van der Waals surface area contributed by atoms with Gasteiger partial charge in [-0.05, 0) is 37.1 Å². The van der Waals surface area contributed by atoms with E-state index in [2.05, 4.69) is 15.2 Å². The molecule has 0 aliphatic carbocycles. The number of hydrogen-bond donors (Lipinski definition) is 1. The van der Waals surface area contributed by atoms with E-state index in [9.17, 15) is 9.18 Å². The first-order valence-corrected chi connectivity index (χ1v) is 8.41. The predicted molar refractivity (Wildman–Crippen MR) is 87.4 cm³/mol. The molecule has 0 unspecified atom stereocenters. The molecule has 23 heavy (non-hydrogen) atoms. The SMILES string of the molecule is O=C(COc1ccc(F)cc1)NC[C@H]1CCCN1c1nccs1. The van der Waals surface area contributed by atoms with E-state index < -0.39 is 0 Å². The molecule has 0 bridgehead atoms. The normalized spacial score (nSPS) is 17.3. The number of anilines is 1. The second kappa shape index (κ2) is 7.41. The highest BCUT2D eigenvalue weighted by Gasteiger charge is 2.26. The molecule has 2 heterocycles. The topological polar surface area (TPSA) is 54.5 Å². The first-order valence-electron chi connectivity index (χ1n) is 7.53. The van der Waals surface area contributed by atoms with Gasteiger partial charge in [0.2, 0.25) is 0 Å². The number of ether oxygens (including phenoxy) is 1. The zero-order chi connectivity index (χ0) is 16.1. The van der Waals surface area contributed by atoms with Crippen molar-refractivity contribution in [1.29, 1.82) is 0 Å². The van der Waals surface area contributed by atoms with E-state index in [1.807, 2.05) is 5.38 Å². The lowest BCUT2D eigenvalue weighted by molar-refractivity contribution is -0.123. The van der Waals surface area contributed by atoms with Gasteiger partial charge in [-0.15, -0.1) is 11.3 Å². The van der Waals surface area contributed by atoms with Gasteiger partial charge in [-0.1, -0.05) is 0 Å². The quantitative estimate of drug-likeness (QED) is 0.881. The summed E-state index contributed by atoms with van der Waals surface area (Å²) in [5, 5.41) is 5.86. The fourth-order valence-electron chi connectivity index (χ4n) is 2.62. The van der Waals surface area contributed by atoms with Crippen LogP contribution in [0.15, 0.2) is 35.8 Å². The summed E-state index contributed by atoms with van der Waals surface area (Å²) >= 11 is 1.61. The summed E-state index contributed by atoms with van der Waals surface area (Å²) in [5.41, 5.74) is 0. The largest absolute Gasteiger partial charge is 0.484 e. The van der Waals surface area contributed by atoms with Crippen LogP contribution in [0.25, 0.3) is 0 Å². The Labute approximate surface area is 138 Å². The van der Waals surface area contributed by atoms with Crippen LogP contribution < -0.4 is 15.0 Å². The number of thiazole rings is 1. The molecule has 2 aromatic rings. The lowest BCUT2D eigenvalue weighted by Crippen LogP contribution is -2.41. The molecular weight excluding hydrogens is 317 g/mol. The molecule has 3 rings (SSSR count). The van der Waals surface area contributed by atoms with Crippen molar-refractivity contribution in [3.05, 3.63) is 41.7 Å². The van der Waals surface area contributed by atoms with Crippen LogP contribution in [-0.4, -0.2) is 36.6 Å². The highest BCUT2D eigenvalue weighted by atomic mass is 32.1. The van der Waals surface area contributed by atoms with Crippen molar-refractivity contribution in [1.82, 2.24) is 10.3 Å². The fraction of sp³-hybridized carbons (Fsp3) is 0.375. The van der Waals surface area contributed by atoms with Crippen molar-refractivity contribution in [2.75, 3.05) is 24.6 Å². The minimum atomic E-state index is -0.328. The van der Waals surface area contributed by atoms with E-state index in [1.165, 1.54) is 24.3 Å². The molecule has 5 nitrogen and oxygen atoms in total. The summed E-state index contributed by atoms with van der Waals surface area (Å²) in [5.74, 6) is -0.0301. The van der Waals surface area contributed by atoms with E-state index in [4.69, 9.17) is 4.74 Å². The number of carbonyl (C=O) groups is 1. The fourth-order valence-corrected chi connectivity index (χ4v) is 3.36. The van der Waals surface area contributed by atoms with E-state index in [0.717, 1.165) is 24.5 Å². The van der Waals surface area contributed by atoms with Crippen molar-refractivity contribution >= 4 is 22.4 Å². The summed E-state index contributed by atoms with van der Waals surface area (Å²) in [6.07, 6.45) is 3.94. The Bertz CT molecular complexity index is 633. The number of carbonyl (C=O) groups excluding carboxylic acids is 1. The molecule has 0 radical (unpaired) electrons. The highest BCUT2D eigenvalue weighted by molar-refractivity contribution is 7.13. The maximum Gasteiger partial charge on any atom is 0.258 e. The van der Waals surface area contributed by atoms with Crippen LogP contribution >= 0.6 is 11.3 Å². The number of amides is 1. The molecule has 1 amide bonds. The Balaban J connectivity index is 1.44. The van der Waals surface area contributed by atoms with Gasteiger partial charge in [0.05, 0.1) is 0 Å². The van der Waals surface area contributed by atoms with Crippen molar-refractivity contribution in [3.63, 3.8) is 0 Å². The van der Waals surface area contributed by atoms with Gasteiger partial charge in [0.15, 0.2) is 11.7 Å². The average molecular weight is 335 g/mol. The number of halogens is 1. The molecular formula is C16H18FN3O2S. The molecule has 1 saturated heterocycles. The van der Waals surface area contributed by atoms with Crippen LogP contribution in [0.4, 0.5) is 9.52 Å². The third kappa shape index (κ3) is 4.19. The van der Waals surface area contributed by atoms with Crippen molar-refractivity contribution in [2.24, 2.45) is 0 Å². The van der Waals surface area contributed by atoms with E-state index in [-0.39, 0.29) is 24.4 Å². The van der Waals surface area contributed by atoms with E-state index in [0.29, 0.717) is 12.3 Å². The molecule has 122 valence electrons. The lowest BCUT2D eigenvalue weighted by atomic mass is 10.2. The van der Waals surface area contributed by atoms with Crippen molar-refractivity contribution in [2.45, 2.75) is 18.9 Å². The van der Waals surface area contributed by atoms with Crippen molar-refractivity contribution in [3.8, 4) is 5.75 Å². The molecule has 1 N–H and O–H groups in total. The van der Waals surface area contributed by atoms with Gasteiger partial charge in [0, 0.05) is 30.7 Å². The monoisotopic (exact) mass is 335 g/mol. The van der Waals surface area contributed by atoms with Crippen LogP contribution in [0, 0.1) is 5.82 Å². The van der Waals surface area contributed by atoms with Gasteiger partial charge in [0.25, 0.3) is 5.91 Å². The summed E-state index contributed by atoms with van der Waals surface area (Å²) in [4.78, 5) is 18.5. The molecule has 1 aliphatic rings. The summed E-state index contributed by atoms with van der Waals surface area (Å²) in [6.45, 7) is 1.47. The molecule has 1 fully saturated rings. The van der Waals surface area contributed by atoms with Gasteiger partial charge < -0.3 is 15.0 Å². The van der Waals surface area contributed by atoms with Crippen molar-refractivity contribution < 1.29 is 13.9 Å². The Kier molecular flexibility index (Phi) is 5.07. The van der Waals surface area contributed by atoms with Crippen LogP contribution in [0.5, 0.6) is 5.75 Å². The highest BCUT2D eigenvalue weighted by Crippen LogP contribution is 2.26. The molecule has 1 aromatic carbocycles. The van der Waals surface area contributed by atoms with Gasteiger partial charge >= 0.3 is 0 Å². The van der Waals surface area contributed by atoms with Gasteiger partial charge in [0.1, 0.15) is 11.6 Å². The van der Waals surface area contributed by atoms with Crippen LogP contribution in [0.1, 0.15) is 12.8 Å². The number of nitrogens with one attached hydrogen (secondary N) is 1. The molecule has 1 aromatic heterocycles. The Morgan fingerprint density at radius 1 is 1.43 bits per heavy atom. The average Bonchev–Trinajstić information content (AvgIpc) is 3.23. The summed E-state index contributed by atoms with van der Waals surface area (Å²) < 4.78 is 18.1. The van der Waals surface area contributed by atoms with E-state index >= 15 is 0 Å². The van der Waals surface area contributed by atoms with Crippen LogP contribution in [-0.2, 0) is 4.79 Å². The number of benzene rings is 1. The standard InChI is InChI=1S/C16H18FN3O2S/c17-12-3-5-14(6-4-12)22-11-15(21)19-10-13-2-1-8-20(13)16-18-7-9-23-16/h3-7,9,13H,1-2,8,10-11H2,(H,19,21)/t13-/m1/s1. The van der Waals surface area contributed by atoms with Gasteiger partial charge in [-0.3, -0.25) is 4.79 Å². The Morgan fingerprint density at radius 2 is 2.26 bits per heavy atom. The molecule has 1 aliphatic heterocycles. The molecule has 1 atom stereocenters. The van der Waals surface area contributed by atoms with Gasteiger partial charge in [-0.2, -0.15) is 0 Å². The predicted octanol–water partition coefficient (Wildman–Crippen LogP) is 2.45. The number of nitrogens with zero attached hydrogens (tertiary/aromatic N) is 2. The second-order valence-corrected chi connectivity index (χ2v) is 6.22. The zero-order valence-electron chi connectivity index (χ0n) is 12.6. The first-order chi connectivity index (χ1) is 11.2. The zero-order valence-corrected chi connectivity index (χ0v) is 13.4. The maximum absolute atomic E-state index is 12.8. The maximum atomic E-state index is 12.8. The first kappa shape index (κ1) is 15.7. The van der Waals surface area contributed by atoms with E-state index in [1.54, 1.807) is 17.5 Å². The number of hydrogen-bond acceptors (Lipinski definition) is 5. The molecule has 0 spiro atoms. The third-order valence-electron chi connectivity index (χ3n) is 3.76. The minimum Gasteiger partial charge on any atom is -0.484 e. The van der Waals surface area contributed by atoms with Crippen LogP contribution in [0.2, 0.25) is 0 Å². The van der Waals surface area contributed by atoms with Crippen LogP contribution in [0.3, 0.4) is 0 Å². The van der Waals surface area contributed by atoms with Gasteiger partial charge in [-0.25, -0.2) is 9.37 Å². The number of aromatic nitrogens is 1. The summed E-state index contributed by atoms with van der Waals surface area (Å²) in [7, 11) is 0. The Morgan fingerprint density at radius 3 is 3.00 bits per heavy atom. The molecule has 7 heteroatoms. The second-order valence-electron chi connectivity index (χ2n) is 5.35. The number of rotatable bonds is 6. The summed E-state index contributed by atoms with van der Waals surface area (Å²) in [6, 6.07) is 5.89. The smallest absolute Gasteiger partial charge is 0.258 e. The minimum absolute atomic E-state index is 0.0738. The Hall–Kier alpha value is -2.15. The molecule has 0 saturated carbocycles. The lowest BCUT2D eigenvalue weighted by Gasteiger charge is -2.24.